The zero-order valence-corrected chi connectivity index (χ0v) is 6.67. The maximum Gasteiger partial charge on any atom is 0.131 e. The first-order valence-electron chi connectivity index (χ1n) is 3.03. The van der Waals surface area contributed by atoms with Crippen molar-refractivity contribution in [3.63, 3.8) is 0 Å². The fraction of sp³-hybridized carbons (Fsp3) is 0.429. The maximum absolute atomic E-state index is 12.7. The van der Waals surface area contributed by atoms with Gasteiger partial charge in [-0.3, -0.25) is 0 Å². The van der Waals surface area contributed by atoms with Crippen LogP contribution in [-0.2, 0) is 0 Å². The predicted octanol–water partition coefficient (Wildman–Crippen LogP) is 2.30. The van der Waals surface area contributed by atoms with Crippen LogP contribution in [0.3, 0.4) is 0 Å². The van der Waals surface area contributed by atoms with Crippen LogP contribution < -0.4 is 5.32 Å². The number of nitrogens with one attached hydrogen (secondary N) is 1. The molecule has 0 radical (unpaired) electrons. The van der Waals surface area contributed by atoms with Gasteiger partial charge in [0.05, 0.1) is 0 Å². The lowest BCUT2D eigenvalue weighted by atomic mass is 10.1. The number of allylic oxidation sites excluding steroid dienone is 2. The van der Waals surface area contributed by atoms with E-state index in [1.807, 2.05) is 0 Å². The van der Waals surface area contributed by atoms with Gasteiger partial charge in [-0.25, -0.2) is 4.39 Å². The fourth-order valence-electron chi connectivity index (χ4n) is 0.712. The molecule has 0 amide bonds. The van der Waals surface area contributed by atoms with Crippen LogP contribution in [0.5, 0.6) is 0 Å². The first kappa shape index (κ1) is 7.61. The SMILES string of the molecule is CC1=CNC(C)(Cl)C=C1F. The van der Waals surface area contributed by atoms with Gasteiger partial charge in [0.25, 0.3) is 0 Å². The van der Waals surface area contributed by atoms with E-state index < -0.39 is 5.00 Å². The second-order valence-corrected chi connectivity index (χ2v) is 3.32. The quantitative estimate of drug-likeness (QED) is 0.425. The first-order valence-corrected chi connectivity index (χ1v) is 3.41. The molecule has 0 bridgehead atoms. The van der Waals surface area contributed by atoms with Crippen molar-refractivity contribution in [2.75, 3.05) is 0 Å². The molecule has 0 aromatic carbocycles. The lowest BCUT2D eigenvalue weighted by Crippen LogP contribution is -2.32. The van der Waals surface area contributed by atoms with Crippen LogP contribution in [-0.4, -0.2) is 5.00 Å². The van der Waals surface area contributed by atoms with Gasteiger partial charge in [-0.15, -0.1) is 0 Å². The molecular weight excluding hydrogens is 153 g/mol. The fourth-order valence-corrected chi connectivity index (χ4v) is 0.862. The standard InChI is InChI=1S/C7H9ClFN/c1-5-4-10-7(2,8)3-6(5)9/h3-4,10H,1-2H3. The second-order valence-electron chi connectivity index (χ2n) is 2.54. The predicted molar refractivity (Wildman–Crippen MR) is 40.3 cm³/mol. The topological polar surface area (TPSA) is 12.0 Å². The van der Waals surface area contributed by atoms with Crippen molar-refractivity contribution in [3.8, 4) is 0 Å². The van der Waals surface area contributed by atoms with Gasteiger partial charge in [-0.1, -0.05) is 11.6 Å². The molecule has 1 rings (SSSR count). The number of dihydropyridines is 1. The lowest BCUT2D eigenvalue weighted by molar-refractivity contribution is 0.585. The van der Waals surface area contributed by atoms with Crippen molar-refractivity contribution in [2.45, 2.75) is 18.8 Å². The Morgan fingerprint density at radius 2 is 2.30 bits per heavy atom. The van der Waals surface area contributed by atoms with Gasteiger partial charge in [0, 0.05) is 11.8 Å². The molecule has 0 aliphatic carbocycles. The third-order valence-corrected chi connectivity index (χ3v) is 1.56. The van der Waals surface area contributed by atoms with Gasteiger partial charge in [0.15, 0.2) is 0 Å². The molecule has 1 nitrogen and oxygen atoms in total. The Morgan fingerprint density at radius 1 is 1.70 bits per heavy atom. The van der Waals surface area contributed by atoms with Crippen molar-refractivity contribution < 1.29 is 4.39 Å². The number of halogens is 2. The molecule has 56 valence electrons. The molecule has 1 aliphatic rings. The van der Waals surface area contributed by atoms with Crippen molar-refractivity contribution >= 4 is 11.6 Å². The van der Waals surface area contributed by atoms with E-state index in [1.165, 1.54) is 6.08 Å². The molecule has 1 atom stereocenters. The molecule has 0 saturated carbocycles. The highest BCUT2D eigenvalue weighted by Gasteiger charge is 2.20. The largest absolute Gasteiger partial charge is 0.369 e. The second kappa shape index (κ2) is 2.27. The Kier molecular flexibility index (Phi) is 1.73. The molecule has 1 unspecified atom stereocenters. The highest BCUT2D eigenvalue weighted by atomic mass is 35.5. The highest BCUT2D eigenvalue weighted by molar-refractivity contribution is 6.24. The Balaban J connectivity index is 2.87. The van der Waals surface area contributed by atoms with Crippen LogP contribution in [0.25, 0.3) is 0 Å². The highest BCUT2D eigenvalue weighted by Crippen LogP contribution is 2.23. The summed E-state index contributed by atoms with van der Waals surface area (Å²) in [6.07, 6.45) is 2.92. The van der Waals surface area contributed by atoms with Gasteiger partial charge in [-0.05, 0) is 19.9 Å². The third kappa shape index (κ3) is 1.51. The molecule has 3 heteroatoms. The van der Waals surface area contributed by atoms with E-state index in [4.69, 9.17) is 11.6 Å². The summed E-state index contributed by atoms with van der Waals surface area (Å²) in [5.74, 6) is -0.253. The molecule has 0 aromatic heterocycles. The minimum atomic E-state index is -0.760. The third-order valence-electron chi connectivity index (χ3n) is 1.35. The molecular formula is C7H9ClFN. The molecule has 10 heavy (non-hydrogen) atoms. The summed E-state index contributed by atoms with van der Waals surface area (Å²) >= 11 is 5.76. The molecule has 0 aromatic rings. The number of hydrogen-bond donors (Lipinski definition) is 1. The Morgan fingerprint density at radius 3 is 2.70 bits per heavy atom. The zero-order valence-electron chi connectivity index (χ0n) is 5.91. The van der Waals surface area contributed by atoms with Gasteiger partial charge in [0.2, 0.25) is 0 Å². The Hall–Kier alpha value is -0.500. The van der Waals surface area contributed by atoms with Crippen LogP contribution in [0, 0.1) is 0 Å². The van der Waals surface area contributed by atoms with E-state index in [0.29, 0.717) is 5.57 Å². The number of alkyl halides is 1. The summed E-state index contributed by atoms with van der Waals surface area (Å²) in [5.41, 5.74) is 0.582. The average molecular weight is 162 g/mol. The smallest absolute Gasteiger partial charge is 0.131 e. The molecule has 1 heterocycles. The minimum absolute atomic E-state index is 0.253. The van der Waals surface area contributed by atoms with E-state index in [-0.39, 0.29) is 5.83 Å². The minimum Gasteiger partial charge on any atom is -0.369 e. The molecule has 0 spiro atoms. The lowest BCUT2D eigenvalue weighted by Gasteiger charge is -2.22. The van der Waals surface area contributed by atoms with E-state index in [2.05, 4.69) is 5.32 Å². The van der Waals surface area contributed by atoms with E-state index in [9.17, 15) is 4.39 Å². The van der Waals surface area contributed by atoms with E-state index in [0.717, 1.165) is 0 Å². The van der Waals surface area contributed by atoms with E-state index >= 15 is 0 Å². The monoisotopic (exact) mass is 161 g/mol. The number of hydrogen-bond acceptors (Lipinski definition) is 1. The van der Waals surface area contributed by atoms with Crippen molar-refractivity contribution in [3.05, 3.63) is 23.7 Å². The summed E-state index contributed by atoms with van der Waals surface area (Å²) in [6.45, 7) is 3.38. The molecule has 1 aliphatic heterocycles. The summed E-state index contributed by atoms with van der Waals surface area (Å²) in [6, 6.07) is 0. The van der Waals surface area contributed by atoms with Crippen molar-refractivity contribution in [1.82, 2.24) is 5.32 Å². The normalized spacial score (nSPS) is 32.4. The number of rotatable bonds is 0. The summed E-state index contributed by atoms with van der Waals surface area (Å²) < 4.78 is 12.7. The summed E-state index contributed by atoms with van der Waals surface area (Å²) in [4.78, 5) is -0.760. The summed E-state index contributed by atoms with van der Waals surface area (Å²) in [5, 5.41) is 2.83. The van der Waals surface area contributed by atoms with Crippen molar-refractivity contribution in [2.24, 2.45) is 0 Å². The van der Waals surface area contributed by atoms with E-state index in [1.54, 1.807) is 20.0 Å². The van der Waals surface area contributed by atoms with Crippen LogP contribution in [0.4, 0.5) is 4.39 Å². The average Bonchev–Trinajstić information content (AvgIpc) is 1.79. The van der Waals surface area contributed by atoms with Crippen LogP contribution in [0.2, 0.25) is 0 Å². The van der Waals surface area contributed by atoms with Crippen LogP contribution in [0.15, 0.2) is 23.7 Å². The Labute approximate surface area is 64.6 Å². The molecule has 1 N–H and O–H groups in total. The van der Waals surface area contributed by atoms with Crippen LogP contribution >= 0.6 is 11.6 Å². The van der Waals surface area contributed by atoms with Gasteiger partial charge in [0.1, 0.15) is 10.8 Å². The van der Waals surface area contributed by atoms with Gasteiger partial charge in [-0.2, -0.15) is 0 Å². The van der Waals surface area contributed by atoms with Crippen LogP contribution in [0.1, 0.15) is 13.8 Å². The Bertz CT molecular complexity index is 206. The maximum atomic E-state index is 12.7. The van der Waals surface area contributed by atoms with Gasteiger partial charge < -0.3 is 5.32 Å². The molecule has 0 saturated heterocycles. The van der Waals surface area contributed by atoms with Gasteiger partial charge >= 0.3 is 0 Å². The summed E-state index contributed by atoms with van der Waals surface area (Å²) in [7, 11) is 0. The zero-order chi connectivity index (χ0) is 7.78. The molecule has 0 fully saturated rings. The van der Waals surface area contributed by atoms with Crippen molar-refractivity contribution in [1.29, 1.82) is 0 Å². The first-order chi connectivity index (χ1) is 4.51.